The van der Waals surface area contributed by atoms with Crippen LogP contribution in [0.25, 0.3) is 0 Å². The Balaban J connectivity index is 2.58. The van der Waals surface area contributed by atoms with Gasteiger partial charge in [-0.25, -0.2) is 0 Å². The van der Waals surface area contributed by atoms with Crippen molar-refractivity contribution in [2.24, 2.45) is 0 Å². The summed E-state index contributed by atoms with van der Waals surface area (Å²) in [5, 5.41) is 57.2. The van der Waals surface area contributed by atoms with E-state index in [1.807, 2.05) is 6.08 Å². The van der Waals surface area contributed by atoms with Crippen molar-refractivity contribution in [2.45, 2.75) is 346 Å². The average Bonchev–Trinajstić information content (AvgIpc) is 2.50. The number of aliphatic hydroxyl groups excluding tert-OH is 5. The molecule has 8 unspecified atom stereocenters. The van der Waals surface area contributed by atoms with Gasteiger partial charge in [0.15, 0.2) is 12.4 Å². The smallest absolute Gasteiger partial charge is 0.306 e. The summed E-state index contributed by atoms with van der Waals surface area (Å²) < 4.78 is 17.7. The first-order valence-electron chi connectivity index (χ1n) is 35.0. The molecule has 8 atom stereocenters. The lowest BCUT2D eigenvalue weighted by Crippen LogP contribution is -2.61. The van der Waals surface area contributed by atoms with E-state index in [0.717, 1.165) is 122 Å². The largest absolute Gasteiger partial charge is 0.454 e. The number of hydrogen-bond donors (Lipinski definition) is 6. The summed E-state index contributed by atoms with van der Waals surface area (Å²) >= 11 is 0. The molecule has 0 saturated carbocycles. The van der Waals surface area contributed by atoms with Gasteiger partial charge in [-0.05, 0) is 103 Å². The molecule has 1 fully saturated rings. The molecular weight excluding hydrogens is 1060 g/mol. The van der Waals surface area contributed by atoms with E-state index in [2.05, 4.69) is 111 Å². The summed E-state index contributed by atoms with van der Waals surface area (Å²) in [6.07, 6.45) is 71.5. The van der Waals surface area contributed by atoms with Gasteiger partial charge in [0.2, 0.25) is 5.91 Å². The first kappa shape index (κ1) is 79.6. The van der Waals surface area contributed by atoms with Crippen LogP contribution in [0.1, 0.15) is 297 Å². The molecule has 0 aromatic heterocycles. The highest BCUT2D eigenvalue weighted by Gasteiger charge is 2.47. The molecule has 85 heavy (non-hydrogen) atoms. The second-order valence-electron chi connectivity index (χ2n) is 23.9. The van der Waals surface area contributed by atoms with E-state index in [0.29, 0.717) is 12.8 Å². The minimum atomic E-state index is -1.62. The van der Waals surface area contributed by atoms with E-state index < -0.39 is 67.4 Å². The van der Waals surface area contributed by atoms with Crippen molar-refractivity contribution in [1.29, 1.82) is 0 Å². The molecule has 0 radical (unpaired) electrons. The van der Waals surface area contributed by atoms with Gasteiger partial charge in [-0.2, -0.15) is 0 Å². The highest BCUT2D eigenvalue weighted by molar-refractivity contribution is 5.80. The van der Waals surface area contributed by atoms with Gasteiger partial charge < -0.3 is 45.1 Å². The fraction of sp³-hybridized carbons (Fsp3) is 0.757. The third-order valence-corrected chi connectivity index (χ3v) is 16.0. The Morgan fingerprint density at radius 3 is 1.29 bits per heavy atom. The SMILES string of the molecule is CC/C=C\C/C=C\C/C=C\C/C=C\C/C=C\CCCCCCCCCCCCCC(=O)OC1C(OCC(NC(=O)C(O)CCCCCCCC/C=C\C/C=C\CCCCC)C(O)/C=C/CCCCCCCCCCCCC)OC(CO)C(O)C1O. The third kappa shape index (κ3) is 48.2. The predicted molar refractivity (Wildman–Crippen MR) is 356 cm³/mol. The minimum Gasteiger partial charge on any atom is -0.454 e. The standard InChI is InChI=1S/C74H129NO10/c1-4-7-10-13-16-19-22-25-27-29-30-31-32-33-34-35-36-37-38-39-41-44-47-50-53-56-59-62-69(79)85-72-71(81)70(80)68(63-76)84-74(72)83-64-65(66(77)60-57-54-51-48-45-42-24-21-18-15-12-9-6-3)75-73(82)67(78)61-58-55-52-49-46-43-40-28-26-23-20-17-14-11-8-5-2/h7,10,16-17,19-20,25-28,30-31,33-34,57,60,65-68,70-72,74,76-78,80-81H,4-6,8-9,11-15,18,21-24,29,32,35-56,58-59,61-64H2,1-3H3,(H,75,82)/b10-7-,19-16-,20-17-,27-25-,28-26-,31-30-,34-33-,60-57+. The summed E-state index contributed by atoms with van der Waals surface area (Å²) in [6, 6.07) is -1.03. The van der Waals surface area contributed by atoms with Gasteiger partial charge in [0, 0.05) is 6.42 Å². The topological polar surface area (TPSA) is 175 Å². The Morgan fingerprint density at radius 1 is 0.471 bits per heavy atom. The van der Waals surface area contributed by atoms with Crippen LogP contribution in [0.4, 0.5) is 0 Å². The van der Waals surface area contributed by atoms with Crippen molar-refractivity contribution in [3.05, 3.63) is 97.2 Å². The van der Waals surface area contributed by atoms with Gasteiger partial charge in [-0.3, -0.25) is 9.59 Å². The van der Waals surface area contributed by atoms with Crippen LogP contribution in [0.15, 0.2) is 97.2 Å². The molecule has 0 aliphatic carbocycles. The maximum absolute atomic E-state index is 13.5. The lowest BCUT2D eigenvalue weighted by Gasteiger charge is -2.41. The Kier molecular flexibility index (Phi) is 57.0. The fourth-order valence-electron chi connectivity index (χ4n) is 10.5. The van der Waals surface area contributed by atoms with E-state index in [9.17, 15) is 35.1 Å². The summed E-state index contributed by atoms with van der Waals surface area (Å²) in [5.41, 5.74) is 0. The quantitative estimate of drug-likeness (QED) is 0.0195. The maximum atomic E-state index is 13.5. The number of carbonyl (C=O) groups is 2. The van der Waals surface area contributed by atoms with Crippen LogP contribution in [0, 0.1) is 0 Å². The third-order valence-electron chi connectivity index (χ3n) is 16.0. The molecule has 11 heteroatoms. The molecule has 0 spiro atoms. The monoisotopic (exact) mass is 1190 g/mol. The molecular formula is C74H129NO10. The van der Waals surface area contributed by atoms with Gasteiger partial charge in [0.25, 0.3) is 0 Å². The number of hydrogen-bond acceptors (Lipinski definition) is 10. The van der Waals surface area contributed by atoms with Crippen molar-refractivity contribution < 1.29 is 49.3 Å². The van der Waals surface area contributed by atoms with Crippen molar-refractivity contribution in [3.63, 3.8) is 0 Å². The summed E-state index contributed by atoms with van der Waals surface area (Å²) in [5.74, 6) is -1.20. The zero-order valence-electron chi connectivity index (χ0n) is 54.5. The normalized spacial score (nSPS) is 19.0. The van der Waals surface area contributed by atoms with E-state index in [1.54, 1.807) is 6.08 Å². The molecule has 1 rings (SSSR count). The summed E-state index contributed by atoms with van der Waals surface area (Å²) in [7, 11) is 0. The minimum absolute atomic E-state index is 0.115. The number of rotatable bonds is 59. The molecule has 1 saturated heterocycles. The number of esters is 1. The van der Waals surface area contributed by atoms with Crippen LogP contribution in [0.5, 0.6) is 0 Å². The molecule has 1 aliphatic rings. The summed E-state index contributed by atoms with van der Waals surface area (Å²) in [6.45, 7) is 5.67. The van der Waals surface area contributed by atoms with Crippen LogP contribution in [-0.4, -0.2) is 99.6 Å². The van der Waals surface area contributed by atoms with E-state index in [-0.39, 0.29) is 19.4 Å². The van der Waals surface area contributed by atoms with E-state index in [4.69, 9.17) is 14.2 Å². The van der Waals surface area contributed by atoms with Crippen LogP contribution in [0.2, 0.25) is 0 Å². The van der Waals surface area contributed by atoms with Crippen molar-refractivity contribution in [3.8, 4) is 0 Å². The second kappa shape index (κ2) is 60.8. The Hall–Kier alpha value is -3.42. The highest BCUT2D eigenvalue weighted by Crippen LogP contribution is 2.26. The molecule has 1 heterocycles. The van der Waals surface area contributed by atoms with Gasteiger partial charge in [-0.1, -0.05) is 285 Å². The maximum Gasteiger partial charge on any atom is 0.306 e. The number of aliphatic hydroxyl groups is 5. The van der Waals surface area contributed by atoms with Crippen LogP contribution in [0.3, 0.4) is 0 Å². The second-order valence-corrected chi connectivity index (χ2v) is 23.9. The number of ether oxygens (including phenoxy) is 3. The van der Waals surface area contributed by atoms with Crippen LogP contribution in [-0.2, 0) is 23.8 Å². The first-order chi connectivity index (χ1) is 41.7. The molecule has 490 valence electrons. The lowest BCUT2D eigenvalue weighted by molar-refractivity contribution is -0.305. The van der Waals surface area contributed by atoms with Crippen molar-refractivity contribution in [2.75, 3.05) is 13.2 Å². The lowest BCUT2D eigenvalue weighted by atomic mass is 9.99. The highest BCUT2D eigenvalue weighted by atomic mass is 16.7. The first-order valence-corrected chi connectivity index (χ1v) is 35.0. The van der Waals surface area contributed by atoms with Crippen LogP contribution < -0.4 is 5.32 Å². The number of amides is 1. The summed E-state index contributed by atoms with van der Waals surface area (Å²) in [4.78, 5) is 26.7. The number of carbonyl (C=O) groups excluding carboxylic acids is 2. The molecule has 0 aromatic carbocycles. The van der Waals surface area contributed by atoms with Gasteiger partial charge in [-0.15, -0.1) is 0 Å². The molecule has 11 nitrogen and oxygen atoms in total. The van der Waals surface area contributed by atoms with Crippen molar-refractivity contribution >= 4 is 11.9 Å². The van der Waals surface area contributed by atoms with Gasteiger partial charge >= 0.3 is 5.97 Å². The van der Waals surface area contributed by atoms with Gasteiger partial charge in [0.05, 0.1) is 25.4 Å². The zero-order chi connectivity index (χ0) is 61.7. The van der Waals surface area contributed by atoms with Crippen molar-refractivity contribution in [1.82, 2.24) is 5.32 Å². The number of unbranched alkanes of at least 4 members (excludes halogenated alkanes) is 31. The fourth-order valence-corrected chi connectivity index (χ4v) is 10.5. The average molecular weight is 1190 g/mol. The molecule has 1 aliphatic heterocycles. The van der Waals surface area contributed by atoms with Crippen LogP contribution >= 0.6 is 0 Å². The Morgan fingerprint density at radius 2 is 0.847 bits per heavy atom. The molecule has 0 bridgehead atoms. The van der Waals surface area contributed by atoms with E-state index >= 15 is 0 Å². The predicted octanol–water partition coefficient (Wildman–Crippen LogP) is 17.8. The zero-order valence-corrected chi connectivity index (χ0v) is 54.5. The Bertz CT molecular complexity index is 1750. The van der Waals surface area contributed by atoms with E-state index in [1.165, 1.54) is 128 Å². The number of allylic oxidation sites excluding steroid dienone is 15. The molecule has 1 amide bonds. The molecule has 6 N–H and O–H groups in total. The Labute approximate surface area is 520 Å². The number of nitrogens with one attached hydrogen (secondary N) is 1. The molecule has 0 aromatic rings. The van der Waals surface area contributed by atoms with Gasteiger partial charge in [0.1, 0.15) is 24.4 Å².